The van der Waals surface area contributed by atoms with Crippen LogP contribution in [0.3, 0.4) is 0 Å². The molecule has 0 N–H and O–H groups in total. The van der Waals surface area contributed by atoms with E-state index in [1.807, 2.05) is 4.90 Å². The molecule has 2 heterocycles. The highest BCUT2D eigenvalue weighted by Crippen LogP contribution is 2.11. The van der Waals surface area contributed by atoms with Gasteiger partial charge in [0.2, 0.25) is 5.91 Å². The Morgan fingerprint density at radius 3 is 2.68 bits per heavy atom. The molecule has 0 aromatic carbocycles. The van der Waals surface area contributed by atoms with E-state index in [-0.39, 0.29) is 18.4 Å². The van der Waals surface area contributed by atoms with E-state index in [1.54, 1.807) is 29.8 Å². The van der Waals surface area contributed by atoms with Gasteiger partial charge in [-0.2, -0.15) is 0 Å². The van der Waals surface area contributed by atoms with Crippen molar-refractivity contribution < 1.29 is 14.3 Å². The summed E-state index contributed by atoms with van der Waals surface area (Å²) in [5, 5.41) is 0. The smallest absolute Gasteiger partial charge is 0.354 e. The van der Waals surface area contributed by atoms with Crippen molar-refractivity contribution in [2.24, 2.45) is 0 Å². The van der Waals surface area contributed by atoms with Crippen molar-refractivity contribution in [1.29, 1.82) is 0 Å². The summed E-state index contributed by atoms with van der Waals surface area (Å²) in [6.45, 7) is 3.97. The predicted octanol–water partition coefficient (Wildman–Crippen LogP) is 1.68. The minimum absolute atomic E-state index is 0.0708. The van der Waals surface area contributed by atoms with Crippen molar-refractivity contribution in [3.63, 3.8) is 0 Å². The average Bonchev–Trinajstić information content (AvgIpc) is 2.88. The van der Waals surface area contributed by atoms with Crippen LogP contribution >= 0.6 is 0 Å². The molecule has 1 aliphatic heterocycles. The quantitative estimate of drug-likeness (QED) is 0.777. The first-order valence-corrected chi connectivity index (χ1v) is 6.82. The van der Waals surface area contributed by atoms with Gasteiger partial charge in [0.05, 0.1) is 6.61 Å². The molecule has 104 valence electrons. The number of aromatic nitrogens is 1. The third kappa shape index (κ3) is 3.36. The van der Waals surface area contributed by atoms with E-state index >= 15 is 0 Å². The Bertz CT molecular complexity index is 447. The number of rotatable bonds is 4. The van der Waals surface area contributed by atoms with Gasteiger partial charge in [-0.05, 0) is 38.3 Å². The molecule has 19 heavy (non-hydrogen) atoms. The number of carbonyl (C=O) groups is 2. The van der Waals surface area contributed by atoms with Crippen LogP contribution in [0.1, 0.15) is 36.7 Å². The highest BCUT2D eigenvalue weighted by atomic mass is 16.5. The van der Waals surface area contributed by atoms with Crippen molar-refractivity contribution in [3.8, 4) is 0 Å². The monoisotopic (exact) mass is 264 g/mol. The van der Waals surface area contributed by atoms with Crippen molar-refractivity contribution >= 4 is 11.9 Å². The topological polar surface area (TPSA) is 51.5 Å². The van der Waals surface area contributed by atoms with Crippen molar-refractivity contribution in [3.05, 3.63) is 24.0 Å². The molecule has 5 heteroatoms. The minimum atomic E-state index is -0.376. The number of piperidine rings is 1. The summed E-state index contributed by atoms with van der Waals surface area (Å²) >= 11 is 0. The lowest BCUT2D eigenvalue weighted by molar-refractivity contribution is -0.132. The molecule has 1 saturated heterocycles. The number of ether oxygens (including phenoxy) is 1. The second-order valence-corrected chi connectivity index (χ2v) is 4.68. The molecule has 1 aliphatic rings. The van der Waals surface area contributed by atoms with E-state index in [4.69, 9.17) is 4.74 Å². The van der Waals surface area contributed by atoms with Gasteiger partial charge in [-0.25, -0.2) is 4.79 Å². The van der Waals surface area contributed by atoms with Crippen LogP contribution in [0, 0.1) is 0 Å². The SMILES string of the molecule is CCOC(=O)c1cccn1CC(=O)N1CCCCC1. The lowest BCUT2D eigenvalue weighted by atomic mass is 10.1. The Balaban J connectivity index is 2.00. The maximum Gasteiger partial charge on any atom is 0.354 e. The van der Waals surface area contributed by atoms with Gasteiger partial charge in [-0.3, -0.25) is 4.79 Å². The summed E-state index contributed by atoms with van der Waals surface area (Å²) in [6.07, 6.45) is 5.08. The lowest BCUT2D eigenvalue weighted by Crippen LogP contribution is -2.38. The number of amides is 1. The maximum absolute atomic E-state index is 12.2. The van der Waals surface area contributed by atoms with Gasteiger partial charge in [-0.15, -0.1) is 0 Å². The molecule has 0 spiro atoms. The van der Waals surface area contributed by atoms with Crippen LogP contribution in [0.15, 0.2) is 18.3 Å². The maximum atomic E-state index is 12.2. The molecule has 0 bridgehead atoms. The highest BCUT2D eigenvalue weighted by Gasteiger charge is 2.19. The second-order valence-electron chi connectivity index (χ2n) is 4.68. The van der Waals surface area contributed by atoms with Gasteiger partial charge in [0.1, 0.15) is 12.2 Å². The average molecular weight is 264 g/mol. The summed E-state index contributed by atoms with van der Waals surface area (Å²) in [5.74, 6) is -0.305. The molecule has 1 fully saturated rings. The molecule has 1 amide bonds. The fourth-order valence-electron chi connectivity index (χ4n) is 2.33. The van der Waals surface area contributed by atoms with Crippen LogP contribution in [-0.4, -0.2) is 41.0 Å². The van der Waals surface area contributed by atoms with Crippen molar-refractivity contribution in [2.45, 2.75) is 32.7 Å². The van der Waals surface area contributed by atoms with Crippen molar-refractivity contribution in [1.82, 2.24) is 9.47 Å². The summed E-state index contributed by atoms with van der Waals surface area (Å²) in [6, 6.07) is 3.44. The van der Waals surface area contributed by atoms with Crippen LogP contribution in [0.4, 0.5) is 0 Å². The molecule has 0 unspecified atom stereocenters. The predicted molar refractivity (Wildman–Crippen MR) is 70.8 cm³/mol. The van der Waals surface area contributed by atoms with Crippen LogP contribution in [0.2, 0.25) is 0 Å². The Morgan fingerprint density at radius 1 is 1.26 bits per heavy atom. The molecule has 0 aliphatic carbocycles. The van der Waals surface area contributed by atoms with Crippen LogP contribution in [0.5, 0.6) is 0 Å². The molecular weight excluding hydrogens is 244 g/mol. The first-order chi connectivity index (χ1) is 9.22. The fraction of sp³-hybridized carbons (Fsp3) is 0.571. The molecule has 1 aromatic heterocycles. The van der Waals surface area contributed by atoms with Gasteiger partial charge >= 0.3 is 5.97 Å². The third-order valence-electron chi connectivity index (χ3n) is 3.33. The summed E-state index contributed by atoms with van der Waals surface area (Å²) < 4.78 is 6.63. The van der Waals surface area contributed by atoms with E-state index in [1.165, 1.54) is 6.42 Å². The van der Waals surface area contributed by atoms with E-state index in [2.05, 4.69) is 0 Å². The number of esters is 1. The zero-order chi connectivity index (χ0) is 13.7. The Labute approximate surface area is 113 Å². The van der Waals surface area contributed by atoms with Crippen LogP contribution in [-0.2, 0) is 16.1 Å². The second kappa shape index (κ2) is 6.41. The van der Waals surface area contributed by atoms with Gasteiger partial charge in [0, 0.05) is 19.3 Å². The number of carbonyl (C=O) groups excluding carboxylic acids is 2. The largest absolute Gasteiger partial charge is 0.461 e. The highest BCUT2D eigenvalue weighted by molar-refractivity contribution is 5.88. The molecule has 2 rings (SSSR count). The van der Waals surface area contributed by atoms with Gasteiger partial charge in [0.15, 0.2) is 0 Å². The Morgan fingerprint density at radius 2 is 2.00 bits per heavy atom. The molecule has 5 nitrogen and oxygen atoms in total. The molecule has 0 atom stereocenters. The number of hydrogen-bond donors (Lipinski definition) is 0. The van der Waals surface area contributed by atoms with E-state index in [9.17, 15) is 9.59 Å². The first kappa shape index (κ1) is 13.6. The molecule has 0 radical (unpaired) electrons. The third-order valence-corrected chi connectivity index (χ3v) is 3.33. The van der Waals surface area contributed by atoms with Gasteiger partial charge in [0.25, 0.3) is 0 Å². The number of likely N-dealkylation sites (tertiary alicyclic amines) is 1. The number of nitrogens with zero attached hydrogens (tertiary/aromatic N) is 2. The minimum Gasteiger partial charge on any atom is -0.461 e. The van der Waals surface area contributed by atoms with Crippen LogP contribution in [0.25, 0.3) is 0 Å². The zero-order valence-corrected chi connectivity index (χ0v) is 11.3. The summed E-state index contributed by atoms with van der Waals surface area (Å²) in [5.41, 5.74) is 0.437. The Kier molecular flexibility index (Phi) is 4.60. The van der Waals surface area contributed by atoms with E-state index in [0.29, 0.717) is 12.3 Å². The normalized spacial score (nSPS) is 15.3. The number of hydrogen-bond acceptors (Lipinski definition) is 3. The molecular formula is C14H20N2O3. The molecule has 1 aromatic rings. The zero-order valence-electron chi connectivity index (χ0n) is 11.3. The van der Waals surface area contributed by atoms with Crippen LogP contribution < -0.4 is 0 Å². The first-order valence-electron chi connectivity index (χ1n) is 6.82. The summed E-state index contributed by atoms with van der Waals surface area (Å²) in [4.78, 5) is 25.7. The fourth-order valence-corrected chi connectivity index (χ4v) is 2.33. The van der Waals surface area contributed by atoms with Gasteiger partial charge in [-0.1, -0.05) is 0 Å². The summed E-state index contributed by atoms with van der Waals surface area (Å²) in [7, 11) is 0. The van der Waals surface area contributed by atoms with E-state index in [0.717, 1.165) is 25.9 Å². The Hall–Kier alpha value is -1.78. The van der Waals surface area contributed by atoms with Crippen molar-refractivity contribution in [2.75, 3.05) is 19.7 Å². The molecule has 0 saturated carbocycles. The lowest BCUT2D eigenvalue weighted by Gasteiger charge is -2.27. The van der Waals surface area contributed by atoms with E-state index < -0.39 is 0 Å². The van der Waals surface area contributed by atoms with Gasteiger partial charge < -0.3 is 14.2 Å². The standard InChI is InChI=1S/C14H20N2O3/c1-2-19-14(18)12-7-6-10-16(12)11-13(17)15-8-4-3-5-9-15/h6-7,10H,2-5,8-9,11H2,1H3.